The van der Waals surface area contributed by atoms with Crippen LogP contribution in [-0.4, -0.2) is 31.3 Å². The largest absolute Gasteiger partial charge is 0.508 e. The highest BCUT2D eigenvalue weighted by Gasteiger charge is 2.06. The number of methoxy groups -OCH3 is 1. The quantitative estimate of drug-likeness (QED) is 0.381. The molecule has 1 aromatic carbocycles. The average Bonchev–Trinajstić information content (AvgIpc) is 2.24. The second-order valence-corrected chi connectivity index (χ2v) is 3.40. The Morgan fingerprint density at radius 1 is 1.56 bits per heavy atom. The van der Waals surface area contributed by atoms with Crippen LogP contribution >= 0.6 is 0 Å². The number of anilines is 1. The van der Waals surface area contributed by atoms with E-state index in [2.05, 4.69) is 5.32 Å². The van der Waals surface area contributed by atoms with Crippen molar-refractivity contribution < 1.29 is 14.6 Å². The van der Waals surface area contributed by atoms with E-state index < -0.39 is 0 Å². The summed E-state index contributed by atoms with van der Waals surface area (Å²) in [6, 6.07) is 4.56. The molecule has 0 saturated carbocycles. The van der Waals surface area contributed by atoms with Crippen molar-refractivity contribution in [3.05, 3.63) is 23.8 Å². The number of ether oxygens (including phenoxy) is 1. The van der Waals surface area contributed by atoms with Gasteiger partial charge >= 0.3 is 0 Å². The van der Waals surface area contributed by atoms with Gasteiger partial charge in [0, 0.05) is 19.3 Å². The fraction of sp³-hybridized carbons (Fsp3) is 0.364. The molecule has 0 unspecified atom stereocenters. The Bertz CT molecular complexity index is 366. The van der Waals surface area contributed by atoms with Gasteiger partial charge in [-0.05, 0) is 23.8 Å². The number of nitrogen functional groups attached to an aromatic ring is 1. The molecule has 5 nitrogen and oxygen atoms in total. The molecule has 88 valence electrons. The zero-order valence-corrected chi connectivity index (χ0v) is 9.19. The lowest BCUT2D eigenvalue weighted by atomic mass is 10.1. The van der Waals surface area contributed by atoms with E-state index in [0.29, 0.717) is 24.4 Å². The Labute approximate surface area is 94.2 Å². The Hall–Kier alpha value is -1.75. The van der Waals surface area contributed by atoms with Gasteiger partial charge in [-0.2, -0.15) is 0 Å². The van der Waals surface area contributed by atoms with Gasteiger partial charge in [0.2, 0.25) is 5.91 Å². The molecule has 4 N–H and O–H groups in total. The number of rotatable bonds is 5. The third kappa shape index (κ3) is 3.78. The summed E-state index contributed by atoms with van der Waals surface area (Å²) in [5, 5.41) is 11.9. The lowest BCUT2D eigenvalue weighted by molar-refractivity contribution is -0.120. The first-order chi connectivity index (χ1) is 7.63. The minimum atomic E-state index is -0.144. The molecule has 5 heteroatoms. The predicted octanol–water partition coefficient (Wildman–Crippen LogP) is 0.279. The van der Waals surface area contributed by atoms with Crippen LogP contribution in [0.15, 0.2) is 18.2 Å². The van der Waals surface area contributed by atoms with Gasteiger partial charge in [-0.25, -0.2) is 0 Å². The Kier molecular flexibility index (Phi) is 4.60. The van der Waals surface area contributed by atoms with Crippen LogP contribution in [0.1, 0.15) is 5.56 Å². The highest BCUT2D eigenvalue weighted by Crippen LogP contribution is 2.18. The normalized spacial score (nSPS) is 10.1. The summed E-state index contributed by atoms with van der Waals surface area (Å²) in [6.07, 6.45) is 0.157. The van der Waals surface area contributed by atoms with E-state index in [1.165, 1.54) is 12.1 Å². The summed E-state index contributed by atoms with van der Waals surface area (Å²) in [4.78, 5) is 11.4. The van der Waals surface area contributed by atoms with Gasteiger partial charge in [0.05, 0.1) is 13.0 Å². The summed E-state index contributed by atoms with van der Waals surface area (Å²) in [5.74, 6) is -0.0387. The van der Waals surface area contributed by atoms with Crippen molar-refractivity contribution in [1.82, 2.24) is 5.32 Å². The van der Waals surface area contributed by atoms with Crippen LogP contribution in [0.4, 0.5) is 5.69 Å². The Balaban J connectivity index is 2.52. The molecule has 0 heterocycles. The number of nitrogens with one attached hydrogen (secondary N) is 1. The van der Waals surface area contributed by atoms with Crippen molar-refractivity contribution in [2.24, 2.45) is 0 Å². The van der Waals surface area contributed by atoms with Crippen LogP contribution in [0.2, 0.25) is 0 Å². The SMILES string of the molecule is COCCNC(=O)Cc1cc(O)ccc1N. The van der Waals surface area contributed by atoms with Crippen molar-refractivity contribution >= 4 is 11.6 Å². The Morgan fingerprint density at radius 3 is 3.00 bits per heavy atom. The molecule has 0 aliphatic carbocycles. The minimum absolute atomic E-state index is 0.105. The number of aromatic hydroxyl groups is 1. The van der Waals surface area contributed by atoms with Crippen molar-refractivity contribution in [2.75, 3.05) is 26.0 Å². The second-order valence-electron chi connectivity index (χ2n) is 3.40. The number of hydrogen-bond donors (Lipinski definition) is 3. The number of carbonyl (C=O) groups is 1. The van der Waals surface area contributed by atoms with Crippen molar-refractivity contribution in [1.29, 1.82) is 0 Å². The van der Waals surface area contributed by atoms with E-state index in [9.17, 15) is 9.90 Å². The predicted molar refractivity (Wildman–Crippen MR) is 61.1 cm³/mol. The smallest absolute Gasteiger partial charge is 0.224 e. The van der Waals surface area contributed by atoms with Gasteiger partial charge in [0.1, 0.15) is 5.75 Å². The molecule has 1 rings (SSSR count). The standard InChI is InChI=1S/C11H16N2O3/c1-16-5-4-13-11(15)7-8-6-9(14)2-3-10(8)12/h2-3,6,14H,4-5,7,12H2,1H3,(H,13,15). The number of nitrogens with two attached hydrogens (primary N) is 1. The van der Waals surface area contributed by atoms with Crippen LogP contribution < -0.4 is 11.1 Å². The molecule has 0 saturated heterocycles. The first-order valence-electron chi connectivity index (χ1n) is 4.96. The lowest BCUT2D eigenvalue weighted by Crippen LogP contribution is -2.28. The van der Waals surface area contributed by atoms with Gasteiger partial charge in [-0.1, -0.05) is 0 Å². The van der Waals surface area contributed by atoms with E-state index in [1.807, 2.05) is 0 Å². The van der Waals surface area contributed by atoms with E-state index in [0.717, 1.165) is 0 Å². The van der Waals surface area contributed by atoms with E-state index in [4.69, 9.17) is 10.5 Å². The molecule has 0 fully saturated rings. The maximum Gasteiger partial charge on any atom is 0.224 e. The number of carbonyl (C=O) groups excluding carboxylic acids is 1. The first-order valence-corrected chi connectivity index (χ1v) is 4.96. The number of phenols is 1. The maximum absolute atomic E-state index is 11.4. The molecule has 16 heavy (non-hydrogen) atoms. The number of amides is 1. The molecule has 1 aromatic rings. The lowest BCUT2D eigenvalue weighted by Gasteiger charge is -2.07. The molecule has 0 radical (unpaired) electrons. The van der Waals surface area contributed by atoms with E-state index in [-0.39, 0.29) is 18.1 Å². The zero-order valence-electron chi connectivity index (χ0n) is 9.19. The van der Waals surface area contributed by atoms with Gasteiger partial charge in [-0.15, -0.1) is 0 Å². The fourth-order valence-electron chi connectivity index (χ4n) is 1.27. The monoisotopic (exact) mass is 224 g/mol. The van der Waals surface area contributed by atoms with Crippen molar-refractivity contribution in [3.63, 3.8) is 0 Å². The van der Waals surface area contributed by atoms with Crippen LogP contribution in [-0.2, 0) is 16.0 Å². The second kappa shape index (κ2) is 5.97. The summed E-state index contributed by atoms with van der Waals surface area (Å²) < 4.78 is 4.81. The van der Waals surface area contributed by atoms with E-state index >= 15 is 0 Å². The highest BCUT2D eigenvalue weighted by molar-refractivity contribution is 5.80. The van der Waals surface area contributed by atoms with E-state index in [1.54, 1.807) is 13.2 Å². The zero-order chi connectivity index (χ0) is 12.0. The van der Waals surface area contributed by atoms with Gasteiger partial charge in [0.25, 0.3) is 0 Å². The number of phenolic OH excluding ortho intramolecular Hbond substituents is 1. The molecular weight excluding hydrogens is 208 g/mol. The molecule has 1 amide bonds. The molecule has 0 atom stereocenters. The topological polar surface area (TPSA) is 84.6 Å². The molecule has 0 aliphatic rings. The minimum Gasteiger partial charge on any atom is -0.508 e. The maximum atomic E-state index is 11.4. The summed E-state index contributed by atoms with van der Waals surface area (Å²) >= 11 is 0. The highest BCUT2D eigenvalue weighted by atomic mass is 16.5. The average molecular weight is 224 g/mol. The van der Waals surface area contributed by atoms with Gasteiger partial charge in [0.15, 0.2) is 0 Å². The molecule has 0 spiro atoms. The molecule has 0 aromatic heterocycles. The molecule has 0 bridgehead atoms. The summed E-state index contributed by atoms with van der Waals surface area (Å²) in [6.45, 7) is 0.940. The van der Waals surface area contributed by atoms with Crippen LogP contribution in [0.5, 0.6) is 5.75 Å². The fourth-order valence-corrected chi connectivity index (χ4v) is 1.27. The third-order valence-corrected chi connectivity index (χ3v) is 2.11. The van der Waals surface area contributed by atoms with Crippen LogP contribution in [0, 0.1) is 0 Å². The van der Waals surface area contributed by atoms with Crippen molar-refractivity contribution in [3.8, 4) is 5.75 Å². The first kappa shape index (κ1) is 12.3. The summed E-state index contributed by atoms with van der Waals surface area (Å²) in [7, 11) is 1.57. The molecular formula is C11H16N2O3. The number of hydrogen-bond acceptors (Lipinski definition) is 4. The number of benzene rings is 1. The van der Waals surface area contributed by atoms with Crippen molar-refractivity contribution in [2.45, 2.75) is 6.42 Å². The third-order valence-electron chi connectivity index (χ3n) is 2.11. The summed E-state index contributed by atoms with van der Waals surface area (Å²) in [5.41, 5.74) is 6.80. The Morgan fingerprint density at radius 2 is 2.31 bits per heavy atom. The van der Waals surface area contributed by atoms with Crippen LogP contribution in [0.25, 0.3) is 0 Å². The van der Waals surface area contributed by atoms with Crippen LogP contribution in [0.3, 0.4) is 0 Å². The molecule has 0 aliphatic heterocycles. The van der Waals surface area contributed by atoms with Gasteiger partial charge < -0.3 is 20.9 Å². The van der Waals surface area contributed by atoms with Gasteiger partial charge in [-0.3, -0.25) is 4.79 Å².